The average molecular weight is 504 g/mol. The van der Waals surface area contributed by atoms with E-state index < -0.39 is 15.9 Å². The second kappa shape index (κ2) is 11.1. The van der Waals surface area contributed by atoms with Gasteiger partial charge in [-0.15, -0.1) is 0 Å². The molecule has 0 aliphatic carbocycles. The number of pyridine rings is 1. The minimum Gasteiger partial charge on any atom is -0.496 e. The summed E-state index contributed by atoms with van der Waals surface area (Å²) in [4.78, 5) is 28.4. The SMILES string of the molecule is COc1ccc(Cl)cc1C(=O)NCCc1ccc(S(=O)(=O)NC(=O)c2ccc(CO)nc2)cc1. The molecule has 0 radical (unpaired) electrons. The van der Waals surface area contributed by atoms with Crippen LogP contribution in [-0.2, 0) is 23.1 Å². The van der Waals surface area contributed by atoms with Gasteiger partial charge in [0.05, 0.1) is 35.4 Å². The molecule has 11 heteroatoms. The van der Waals surface area contributed by atoms with Crippen LogP contribution in [0.15, 0.2) is 65.7 Å². The van der Waals surface area contributed by atoms with Crippen molar-refractivity contribution >= 4 is 33.4 Å². The molecule has 2 amide bonds. The molecule has 9 nitrogen and oxygen atoms in total. The molecule has 0 unspecified atom stereocenters. The highest BCUT2D eigenvalue weighted by Gasteiger charge is 2.19. The smallest absolute Gasteiger partial charge is 0.266 e. The van der Waals surface area contributed by atoms with Gasteiger partial charge in [0.25, 0.3) is 21.8 Å². The van der Waals surface area contributed by atoms with Crippen LogP contribution in [0.3, 0.4) is 0 Å². The van der Waals surface area contributed by atoms with Crippen molar-refractivity contribution in [1.82, 2.24) is 15.0 Å². The van der Waals surface area contributed by atoms with Gasteiger partial charge in [-0.05, 0) is 54.4 Å². The zero-order valence-electron chi connectivity index (χ0n) is 18.1. The van der Waals surface area contributed by atoms with Gasteiger partial charge in [0, 0.05) is 17.8 Å². The van der Waals surface area contributed by atoms with E-state index in [1.807, 2.05) is 4.72 Å². The molecule has 2 aromatic carbocycles. The number of halogens is 1. The number of benzene rings is 2. The molecule has 1 heterocycles. The van der Waals surface area contributed by atoms with Crippen LogP contribution in [0.4, 0.5) is 0 Å². The van der Waals surface area contributed by atoms with E-state index in [0.717, 1.165) is 5.56 Å². The van der Waals surface area contributed by atoms with Gasteiger partial charge in [-0.25, -0.2) is 13.1 Å². The number of ether oxygens (including phenoxy) is 1. The first kappa shape index (κ1) is 25.2. The maximum absolute atomic E-state index is 12.5. The summed E-state index contributed by atoms with van der Waals surface area (Å²) in [5, 5.41) is 12.2. The van der Waals surface area contributed by atoms with Crippen molar-refractivity contribution in [1.29, 1.82) is 0 Å². The Labute approximate surface area is 201 Å². The number of rotatable bonds is 9. The lowest BCUT2D eigenvalue weighted by molar-refractivity contribution is 0.0948. The molecule has 0 aliphatic heterocycles. The number of methoxy groups -OCH3 is 1. The zero-order chi connectivity index (χ0) is 24.7. The maximum atomic E-state index is 12.5. The normalized spacial score (nSPS) is 11.0. The number of hydrogen-bond acceptors (Lipinski definition) is 7. The van der Waals surface area contributed by atoms with E-state index in [1.165, 1.54) is 43.6 Å². The molecule has 0 atom stereocenters. The fourth-order valence-electron chi connectivity index (χ4n) is 3.00. The molecule has 1 aromatic heterocycles. The molecule has 178 valence electrons. The molecule has 3 aromatic rings. The fraction of sp³-hybridized carbons (Fsp3) is 0.174. The Hall–Kier alpha value is -3.47. The highest BCUT2D eigenvalue weighted by Crippen LogP contribution is 2.22. The molecule has 0 bridgehead atoms. The number of carbonyl (C=O) groups is 2. The number of nitrogens with one attached hydrogen (secondary N) is 2. The lowest BCUT2D eigenvalue weighted by Gasteiger charge is -2.10. The Bertz CT molecular complexity index is 1280. The van der Waals surface area contributed by atoms with Gasteiger partial charge in [0.1, 0.15) is 5.75 Å². The Kier molecular flexibility index (Phi) is 8.21. The monoisotopic (exact) mass is 503 g/mol. The highest BCUT2D eigenvalue weighted by molar-refractivity contribution is 7.90. The van der Waals surface area contributed by atoms with Crippen molar-refractivity contribution in [2.75, 3.05) is 13.7 Å². The van der Waals surface area contributed by atoms with Crippen molar-refractivity contribution in [3.8, 4) is 5.75 Å². The third kappa shape index (κ3) is 6.31. The van der Waals surface area contributed by atoms with E-state index in [9.17, 15) is 18.0 Å². The number of sulfonamides is 1. The molecule has 3 rings (SSSR count). The summed E-state index contributed by atoms with van der Waals surface area (Å²) in [5.41, 5.74) is 1.50. The first-order chi connectivity index (χ1) is 16.2. The van der Waals surface area contributed by atoms with Crippen LogP contribution < -0.4 is 14.8 Å². The molecule has 0 fully saturated rings. The molecule has 34 heavy (non-hydrogen) atoms. The first-order valence-electron chi connectivity index (χ1n) is 10.1. The Morgan fingerprint density at radius 3 is 2.41 bits per heavy atom. The summed E-state index contributed by atoms with van der Waals surface area (Å²) in [5.74, 6) is -0.776. The van der Waals surface area contributed by atoms with Crippen molar-refractivity contribution < 1.29 is 27.9 Å². The van der Waals surface area contributed by atoms with Crippen LogP contribution in [-0.4, -0.2) is 44.0 Å². The van der Waals surface area contributed by atoms with Gasteiger partial charge in [-0.2, -0.15) is 0 Å². The van der Waals surface area contributed by atoms with E-state index in [2.05, 4.69) is 10.3 Å². The molecular weight excluding hydrogens is 482 g/mol. The number of hydrogen-bond donors (Lipinski definition) is 3. The second-order valence-electron chi connectivity index (χ2n) is 7.13. The van der Waals surface area contributed by atoms with Crippen LogP contribution in [0.5, 0.6) is 5.75 Å². The number of aromatic nitrogens is 1. The molecule has 0 saturated heterocycles. The van der Waals surface area contributed by atoms with Crippen molar-refractivity contribution in [2.24, 2.45) is 0 Å². The topological polar surface area (TPSA) is 135 Å². The largest absolute Gasteiger partial charge is 0.496 e. The van der Waals surface area contributed by atoms with Gasteiger partial charge < -0.3 is 15.2 Å². The number of aliphatic hydroxyl groups excluding tert-OH is 1. The Balaban J connectivity index is 1.58. The lowest BCUT2D eigenvalue weighted by Crippen LogP contribution is -2.30. The van der Waals surface area contributed by atoms with Crippen molar-refractivity contribution in [3.05, 3.63) is 88.2 Å². The molecule has 0 aliphatic rings. The third-order valence-corrected chi connectivity index (χ3v) is 6.40. The number of carbonyl (C=O) groups excluding carboxylic acids is 2. The molecule has 0 saturated carbocycles. The van der Waals surface area contributed by atoms with E-state index in [-0.39, 0.29) is 23.0 Å². The van der Waals surface area contributed by atoms with Crippen molar-refractivity contribution in [3.63, 3.8) is 0 Å². The van der Waals surface area contributed by atoms with Crippen LogP contribution in [0.25, 0.3) is 0 Å². The van der Waals surface area contributed by atoms with Gasteiger partial charge in [0.2, 0.25) is 0 Å². The fourth-order valence-corrected chi connectivity index (χ4v) is 4.15. The summed E-state index contributed by atoms with van der Waals surface area (Å²) in [6, 6.07) is 13.5. The van der Waals surface area contributed by atoms with Gasteiger partial charge >= 0.3 is 0 Å². The first-order valence-corrected chi connectivity index (χ1v) is 11.9. The molecular formula is C23H22ClN3O6S. The van der Waals surface area contributed by atoms with E-state index in [4.69, 9.17) is 21.4 Å². The van der Waals surface area contributed by atoms with Crippen LogP contribution in [0, 0.1) is 0 Å². The second-order valence-corrected chi connectivity index (χ2v) is 9.24. The molecule has 3 N–H and O–H groups in total. The summed E-state index contributed by atoms with van der Waals surface area (Å²) < 4.78 is 32.2. The Morgan fingerprint density at radius 1 is 1.06 bits per heavy atom. The van der Waals surface area contributed by atoms with Gasteiger partial charge in [0.15, 0.2) is 0 Å². The van der Waals surface area contributed by atoms with Crippen molar-refractivity contribution in [2.45, 2.75) is 17.9 Å². The van der Waals surface area contributed by atoms with E-state index in [0.29, 0.717) is 35.0 Å². The minimum absolute atomic E-state index is 0.0458. The average Bonchev–Trinajstić information content (AvgIpc) is 2.84. The van der Waals surface area contributed by atoms with E-state index in [1.54, 1.807) is 24.3 Å². The third-order valence-electron chi connectivity index (χ3n) is 4.82. The zero-order valence-corrected chi connectivity index (χ0v) is 19.7. The Morgan fingerprint density at radius 2 is 1.79 bits per heavy atom. The summed E-state index contributed by atoms with van der Waals surface area (Å²) >= 11 is 5.95. The number of amides is 2. The predicted octanol–water partition coefficient (Wildman–Crippen LogP) is 2.33. The minimum atomic E-state index is -4.09. The maximum Gasteiger partial charge on any atom is 0.266 e. The van der Waals surface area contributed by atoms with Crippen LogP contribution >= 0.6 is 11.6 Å². The van der Waals surface area contributed by atoms with Crippen LogP contribution in [0.1, 0.15) is 32.0 Å². The van der Waals surface area contributed by atoms with Crippen LogP contribution in [0.2, 0.25) is 5.02 Å². The number of nitrogens with zero attached hydrogens (tertiary/aromatic N) is 1. The highest BCUT2D eigenvalue weighted by atomic mass is 35.5. The standard InChI is InChI=1S/C23H22ClN3O6S/c1-33-21-9-5-17(24)12-20(21)23(30)25-11-10-15-2-7-19(8-3-15)34(31,32)27-22(29)16-4-6-18(14-28)26-13-16/h2-9,12-13,28H,10-11,14H2,1H3,(H,25,30)(H,27,29). The quantitative estimate of drug-likeness (QED) is 0.408. The van der Waals surface area contributed by atoms with E-state index >= 15 is 0 Å². The van der Waals surface area contributed by atoms with Gasteiger partial charge in [-0.1, -0.05) is 23.7 Å². The lowest BCUT2D eigenvalue weighted by atomic mass is 10.1. The summed E-state index contributed by atoms with van der Waals surface area (Å²) in [6.45, 7) is 0.0131. The number of aliphatic hydroxyl groups is 1. The molecule has 0 spiro atoms. The summed E-state index contributed by atoms with van der Waals surface area (Å²) in [6.07, 6.45) is 1.64. The predicted molar refractivity (Wildman–Crippen MR) is 125 cm³/mol. The summed E-state index contributed by atoms with van der Waals surface area (Å²) in [7, 11) is -2.63. The van der Waals surface area contributed by atoms with Gasteiger partial charge in [-0.3, -0.25) is 14.6 Å².